The van der Waals surface area contributed by atoms with Gasteiger partial charge < -0.3 is 4.74 Å². The Morgan fingerprint density at radius 1 is 1.26 bits per heavy atom. The van der Waals surface area contributed by atoms with Crippen LogP contribution in [0.15, 0.2) is 35.5 Å². The smallest absolute Gasteiger partial charge is 0.433 e. The van der Waals surface area contributed by atoms with Crippen molar-refractivity contribution in [1.82, 2.24) is 0 Å². The zero-order chi connectivity index (χ0) is 13.5. The first-order valence-electron chi connectivity index (χ1n) is 6.74. The molecule has 4 nitrogen and oxygen atoms in total. The summed E-state index contributed by atoms with van der Waals surface area (Å²) in [5, 5.41) is 3.87. The minimum Gasteiger partial charge on any atom is -0.433 e. The zero-order valence-corrected chi connectivity index (χ0v) is 11.2. The molecule has 0 N–H and O–H groups in total. The van der Waals surface area contributed by atoms with E-state index >= 15 is 0 Å². The fraction of sp³-hybridized carbons (Fsp3) is 0.467. The topological polar surface area (TPSA) is 47.9 Å². The molecule has 102 valence electrons. The number of nitrogens with zero attached hydrogens (tertiary/aromatic N) is 1. The van der Waals surface area contributed by atoms with Crippen LogP contribution in [0.3, 0.4) is 0 Å². The van der Waals surface area contributed by atoms with E-state index in [-0.39, 0.29) is 0 Å². The number of benzene rings is 1. The molecular weight excluding hydrogens is 242 g/mol. The molecule has 1 fully saturated rings. The molecule has 0 aliphatic heterocycles. The summed E-state index contributed by atoms with van der Waals surface area (Å²) in [7, 11) is 0. The predicted octanol–water partition coefficient (Wildman–Crippen LogP) is 3.87. The average molecular weight is 261 g/mol. The van der Waals surface area contributed by atoms with E-state index in [0.717, 1.165) is 31.4 Å². The highest BCUT2D eigenvalue weighted by molar-refractivity contribution is 5.85. The highest BCUT2D eigenvalue weighted by Crippen LogP contribution is 2.31. The molecule has 0 bridgehead atoms. The Labute approximate surface area is 113 Å². The van der Waals surface area contributed by atoms with Gasteiger partial charge in [0.25, 0.3) is 0 Å². The number of ether oxygens (including phenoxy) is 1. The largest absolute Gasteiger partial charge is 0.535 e. The third-order valence-electron chi connectivity index (χ3n) is 3.35. The Morgan fingerprint density at radius 3 is 2.58 bits per heavy atom. The molecule has 1 aromatic rings. The zero-order valence-electron chi connectivity index (χ0n) is 11.2. The lowest BCUT2D eigenvalue weighted by molar-refractivity contribution is 0.0608. The molecule has 19 heavy (non-hydrogen) atoms. The van der Waals surface area contributed by atoms with Crippen molar-refractivity contribution in [3.8, 4) is 0 Å². The van der Waals surface area contributed by atoms with Crippen molar-refractivity contribution in [2.24, 2.45) is 5.16 Å². The lowest BCUT2D eigenvalue weighted by atomic mass is 9.83. The fourth-order valence-corrected chi connectivity index (χ4v) is 2.35. The molecule has 1 aliphatic carbocycles. The van der Waals surface area contributed by atoms with Gasteiger partial charge in [0.1, 0.15) is 0 Å². The van der Waals surface area contributed by atoms with Gasteiger partial charge in [-0.1, -0.05) is 35.5 Å². The molecule has 0 spiro atoms. The number of oxime groups is 1. The van der Waals surface area contributed by atoms with Gasteiger partial charge in [-0.25, -0.2) is 4.79 Å². The summed E-state index contributed by atoms with van der Waals surface area (Å²) in [5.74, 6) is 0.586. The minimum absolute atomic E-state index is 0.305. The summed E-state index contributed by atoms with van der Waals surface area (Å²) >= 11 is 0. The van der Waals surface area contributed by atoms with Crippen molar-refractivity contribution in [2.75, 3.05) is 6.61 Å². The van der Waals surface area contributed by atoms with Gasteiger partial charge in [0.15, 0.2) is 0 Å². The summed E-state index contributed by atoms with van der Waals surface area (Å²) in [6.45, 7) is 2.04. The van der Waals surface area contributed by atoms with Crippen molar-refractivity contribution < 1.29 is 14.4 Å². The van der Waals surface area contributed by atoms with E-state index in [0.29, 0.717) is 12.5 Å². The predicted molar refractivity (Wildman–Crippen MR) is 73.2 cm³/mol. The second-order valence-corrected chi connectivity index (χ2v) is 4.62. The molecule has 1 saturated carbocycles. The lowest BCUT2D eigenvalue weighted by Gasteiger charge is -2.22. The number of carbonyl (C=O) groups is 1. The molecule has 1 aliphatic rings. The molecular formula is C15H19NO3. The highest BCUT2D eigenvalue weighted by Gasteiger charge is 2.19. The van der Waals surface area contributed by atoms with E-state index in [1.54, 1.807) is 6.92 Å². The Hall–Kier alpha value is -1.84. The Morgan fingerprint density at radius 2 is 1.95 bits per heavy atom. The van der Waals surface area contributed by atoms with Gasteiger partial charge in [0.05, 0.1) is 12.3 Å². The van der Waals surface area contributed by atoms with E-state index in [1.807, 2.05) is 6.07 Å². The summed E-state index contributed by atoms with van der Waals surface area (Å²) in [5.41, 5.74) is 2.33. The number of carbonyl (C=O) groups excluding carboxylic acids is 1. The molecule has 0 atom stereocenters. The van der Waals surface area contributed by atoms with Crippen LogP contribution in [0.25, 0.3) is 0 Å². The minimum atomic E-state index is -0.722. The van der Waals surface area contributed by atoms with E-state index < -0.39 is 6.16 Å². The first kappa shape index (κ1) is 13.6. The quantitative estimate of drug-likeness (QED) is 0.471. The Bertz CT molecular complexity index is 432. The molecule has 0 radical (unpaired) electrons. The molecule has 0 unspecified atom stereocenters. The molecule has 0 heterocycles. The normalized spacial score (nSPS) is 18.8. The standard InChI is InChI=1S/C15H19NO3/c1-2-18-15(17)19-16-14-10-8-13(9-11-14)12-6-4-3-5-7-12/h3-7,13H,2,8-11H2,1H3. The second-order valence-electron chi connectivity index (χ2n) is 4.62. The van der Waals surface area contributed by atoms with E-state index in [9.17, 15) is 4.79 Å². The maximum absolute atomic E-state index is 11.0. The third-order valence-corrected chi connectivity index (χ3v) is 3.35. The van der Waals surface area contributed by atoms with Gasteiger partial charge in [-0.2, -0.15) is 0 Å². The maximum atomic E-state index is 11.0. The van der Waals surface area contributed by atoms with Gasteiger partial charge in [0.2, 0.25) is 0 Å². The average Bonchev–Trinajstić information content (AvgIpc) is 2.47. The van der Waals surface area contributed by atoms with E-state index in [4.69, 9.17) is 0 Å². The first-order valence-corrected chi connectivity index (χ1v) is 6.74. The third kappa shape index (κ3) is 4.09. The van der Waals surface area contributed by atoms with E-state index in [1.165, 1.54) is 5.56 Å². The molecule has 0 aromatic heterocycles. The molecule has 4 heteroatoms. The van der Waals surface area contributed by atoms with Crippen LogP contribution in [0, 0.1) is 0 Å². The van der Waals surface area contributed by atoms with Gasteiger partial charge >= 0.3 is 6.16 Å². The van der Waals surface area contributed by atoms with Gasteiger partial charge in [-0.05, 0) is 44.1 Å². The van der Waals surface area contributed by atoms with Crippen molar-refractivity contribution in [2.45, 2.75) is 38.5 Å². The highest BCUT2D eigenvalue weighted by atomic mass is 16.8. The summed E-state index contributed by atoms with van der Waals surface area (Å²) in [6.07, 6.45) is 3.13. The summed E-state index contributed by atoms with van der Waals surface area (Å²) in [6, 6.07) is 10.5. The van der Waals surface area contributed by atoms with Crippen molar-refractivity contribution >= 4 is 11.9 Å². The summed E-state index contributed by atoms with van der Waals surface area (Å²) < 4.78 is 4.66. The summed E-state index contributed by atoms with van der Waals surface area (Å²) in [4.78, 5) is 15.7. The van der Waals surface area contributed by atoms with Crippen molar-refractivity contribution in [3.63, 3.8) is 0 Å². The van der Waals surface area contributed by atoms with Crippen molar-refractivity contribution in [3.05, 3.63) is 35.9 Å². The maximum Gasteiger partial charge on any atom is 0.535 e. The van der Waals surface area contributed by atoms with Crippen LogP contribution in [0.2, 0.25) is 0 Å². The van der Waals surface area contributed by atoms with Crippen LogP contribution in [-0.4, -0.2) is 18.5 Å². The fourth-order valence-electron chi connectivity index (χ4n) is 2.35. The van der Waals surface area contributed by atoms with Crippen LogP contribution in [0.4, 0.5) is 4.79 Å². The van der Waals surface area contributed by atoms with Gasteiger partial charge in [0, 0.05) is 0 Å². The SMILES string of the molecule is CCOC(=O)ON=C1CCC(c2ccccc2)CC1. The monoisotopic (exact) mass is 261 g/mol. The number of rotatable bonds is 3. The molecule has 1 aromatic carbocycles. The van der Waals surface area contributed by atoms with Gasteiger partial charge in [-0.15, -0.1) is 0 Å². The van der Waals surface area contributed by atoms with Crippen LogP contribution < -0.4 is 0 Å². The van der Waals surface area contributed by atoms with Crippen LogP contribution in [0.5, 0.6) is 0 Å². The van der Waals surface area contributed by atoms with Crippen LogP contribution in [-0.2, 0) is 9.57 Å². The number of hydrogen-bond donors (Lipinski definition) is 0. The van der Waals surface area contributed by atoms with Crippen molar-refractivity contribution in [1.29, 1.82) is 0 Å². The second kappa shape index (κ2) is 6.92. The van der Waals surface area contributed by atoms with Crippen LogP contribution in [0.1, 0.15) is 44.1 Å². The molecule has 2 rings (SSSR count). The molecule has 0 amide bonds. The van der Waals surface area contributed by atoms with Gasteiger partial charge in [-0.3, -0.25) is 4.84 Å². The first-order chi connectivity index (χ1) is 9.29. The van der Waals surface area contributed by atoms with E-state index in [2.05, 4.69) is 39.0 Å². The Kier molecular flexibility index (Phi) is 4.95. The lowest BCUT2D eigenvalue weighted by Crippen LogP contribution is -2.14. The number of hydrogen-bond acceptors (Lipinski definition) is 4. The Balaban J connectivity index is 1.82. The van der Waals surface area contributed by atoms with Crippen LogP contribution >= 0.6 is 0 Å². The molecule has 0 saturated heterocycles.